The number of hydrogen-bond donors (Lipinski definition) is 1. The second-order valence-corrected chi connectivity index (χ2v) is 1.84. The second-order valence-electron chi connectivity index (χ2n) is 1.84. The molecule has 1 atom stereocenters. The number of carbonyl (C=O) groups is 1. The lowest BCUT2D eigenvalue weighted by molar-refractivity contribution is -0.209. The summed E-state index contributed by atoms with van der Waals surface area (Å²) < 4.78 is 38.4. The van der Waals surface area contributed by atoms with Gasteiger partial charge in [0.2, 0.25) is 0 Å². The number of alkyl halides is 3. The van der Waals surface area contributed by atoms with Gasteiger partial charge < -0.3 is 9.84 Å². The van der Waals surface area contributed by atoms with Crippen molar-refractivity contribution in [3.63, 3.8) is 0 Å². The van der Waals surface area contributed by atoms with E-state index in [1.807, 2.05) is 0 Å². The largest absolute Gasteiger partial charge is 0.469 e. The first-order valence-electron chi connectivity index (χ1n) is 2.69. The predicted octanol–water partition coefficient (Wildman–Crippen LogP) is 0.473. The van der Waals surface area contributed by atoms with Gasteiger partial charge in [-0.25, -0.2) is 0 Å². The summed E-state index contributed by atoms with van der Waals surface area (Å²) in [4.78, 5) is 10.2. The third-order valence-corrected chi connectivity index (χ3v) is 0.966. The lowest BCUT2D eigenvalue weighted by Crippen LogP contribution is -2.31. The zero-order valence-electron chi connectivity index (χ0n) is 5.68. The van der Waals surface area contributed by atoms with Crippen molar-refractivity contribution < 1.29 is 27.8 Å². The van der Waals surface area contributed by atoms with E-state index in [2.05, 4.69) is 4.74 Å². The molecule has 3 nitrogen and oxygen atoms in total. The molecule has 0 saturated carbocycles. The quantitative estimate of drug-likeness (QED) is 0.616. The minimum atomic E-state index is -4.76. The molecule has 0 aromatic rings. The van der Waals surface area contributed by atoms with Gasteiger partial charge in [0.1, 0.15) is 0 Å². The molecular weight excluding hydrogens is 165 g/mol. The number of rotatable bonds is 2. The van der Waals surface area contributed by atoms with Crippen molar-refractivity contribution in [3.8, 4) is 0 Å². The molecule has 6 heteroatoms. The topological polar surface area (TPSA) is 46.5 Å². The Morgan fingerprint density at radius 1 is 1.64 bits per heavy atom. The van der Waals surface area contributed by atoms with Gasteiger partial charge >= 0.3 is 12.1 Å². The molecule has 0 unspecified atom stereocenters. The predicted molar refractivity (Wildman–Crippen MR) is 28.7 cm³/mol. The zero-order valence-corrected chi connectivity index (χ0v) is 5.68. The Hall–Kier alpha value is -0.780. The van der Waals surface area contributed by atoms with E-state index < -0.39 is 24.7 Å². The van der Waals surface area contributed by atoms with Gasteiger partial charge in [0, 0.05) is 0 Å². The Morgan fingerprint density at radius 3 is 2.36 bits per heavy atom. The summed E-state index contributed by atoms with van der Waals surface area (Å²) >= 11 is 0. The zero-order chi connectivity index (χ0) is 9.07. The molecule has 1 N–H and O–H groups in total. The average molecular weight is 172 g/mol. The minimum Gasteiger partial charge on any atom is -0.469 e. The molecule has 0 radical (unpaired) electrons. The molecule has 0 rings (SSSR count). The number of hydrogen-bond acceptors (Lipinski definition) is 3. The van der Waals surface area contributed by atoms with E-state index in [0.29, 0.717) is 0 Å². The first-order chi connectivity index (χ1) is 4.88. The van der Waals surface area contributed by atoms with Crippen molar-refractivity contribution in [1.29, 1.82) is 0 Å². The average Bonchev–Trinajstić information content (AvgIpc) is 1.85. The summed E-state index contributed by atoms with van der Waals surface area (Å²) in [6.07, 6.45) is -8.44. The molecule has 0 heterocycles. The maximum Gasteiger partial charge on any atom is 0.414 e. The Bertz CT molecular complexity index is 142. The van der Waals surface area contributed by atoms with Gasteiger partial charge in [-0.2, -0.15) is 13.2 Å². The fraction of sp³-hybridized carbons (Fsp3) is 0.800. The van der Waals surface area contributed by atoms with Gasteiger partial charge in [-0.15, -0.1) is 0 Å². The molecule has 0 aliphatic rings. The van der Waals surface area contributed by atoms with Crippen LogP contribution >= 0.6 is 0 Å². The smallest absolute Gasteiger partial charge is 0.414 e. The van der Waals surface area contributed by atoms with Crippen LogP contribution in [-0.4, -0.2) is 30.5 Å². The number of esters is 1. The Balaban J connectivity index is 3.87. The Kier molecular flexibility index (Phi) is 3.31. The Morgan fingerprint density at radius 2 is 2.09 bits per heavy atom. The molecule has 0 amide bonds. The van der Waals surface area contributed by atoms with Crippen molar-refractivity contribution in [1.82, 2.24) is 0 Å². The summed E-state index contributed by atoms with van der Waals surface area (Å²) in [6, 6.07) is 0. The van der Waals surface area contributed by atoms with Crippen molar-refractivity contribution >= 4 is 5.97 Å². The molecule has 66 valence electrons. The fourth-order valence-electron chi connectivity index (χ4n) is 0.357. The molecule has 0 fully saturated rings. The minimum absolute atomic E-state index is 0.950. The van der Waals surface area contributed by atoms with E-state index in [4.69, 9.17) is 5.11 Å². The Labute approximate surface area is 60.8 Å². The van der Waals surface area contributed by atoms with Gasteiger partial charge in [0.25, 0.3) is 0 Å². The molecular formula is C5H7F3O3. The van der Waals surface area contributed by atoms with E-state index in [-0.39, 0.29) is 0 Å². The van der Waals surface area contributed by atoms with Crippen LogP contribution in [0.15, 0.2) is 0 Å². The maximum atomic E-state index is 11.5. The summed E-state index contributed by atoms with van der Waals surface area (Å²) in [5, 5.41) is 8.26. The van der Waals surface area contributed by atoms with E-state index in [1.54, 1.807) is 0 Å². The van der Waals surface area contributed by atoms with Gasteiger partial charge in [-0.05, 0) is 0 Å². The van der Waals surface area contributed by atoms with Gasteiger partial charge in [-0.3, -0.25) is 4.79 Å². The number of halogens is 3. The first-order valence-corrected chi connectivity index (χ1v) is 2.69. The van der Waals surface area contributed by atoms with Crippen LogP contribution in [0.2, 0.25) is 0 Å². The molecule has 0 aromatic heterocycles. The van der Waals surface area contributed by atoms with Gasteiger partial charge in [0.05, 0.1) is 13.5 Å². The highest BCUT2D eigenvalue weighted by molar-refractivity contribution is 5.69. The third-order valence-electron chi connectivity index (χ3n) is 0.966. The summed E-state index contributed by atoms with van der Waals surface area (Å²) in [5.41, 5.74) is 0. The number of aliphatic hydroxyl groups excluding tert-OH is 1. The van der Waals surface area contributed by atoms with Crippen LogP contribution in [0.5, 0.6) is 0 Å². The van der Waals surface area contributed by atoms with E-state index in [0.717, 1.165) is 7.11 Å². The SMILES string of the molecule is COC(=O)C[C@@H](O)C(F)(F)F. The summed E-state index contributed by atoms with van der Waals surface area (Å²) in [6.45, 7) is 0. The lowest BCUT2D eigenvalue weighted by atomic mass is 10.2. The van der Waals surface area contributed by atoms with Gasteiger partial charge in [-0.1, -0.05) is 0 Å². The van der Waals surface area contributed by atoms with E-state index in [1.165, 1.54) is 0 Å². The van der Waals surface area contributed by atoms with Crippen LogP contribution in [0, 0.1) is 0 Å². The molecule has 0 aromatic carbocycles. The molecule has 0 aliphatic heterocycles. The lowest BCUT2D eigenvalue weighted by Gasteiger charge is -2.12. The van der Waals surface area contributed by atoms with Crippen molar-refractivity contribution in [2.24, 2.45) is 0 Å². The van der Waals surface area contributed by atoms with Crippen LogP contribution in [0.4, 0.5) is 13.2 Å². The molecule has 0 bridgehead atoms. The summed E-state index contributed by atoms with van der Waals surface area (Å²) in [5.74, 6) is -1.09. The number of methoxy groups -OCH3 is 1. The van der Waals surface area contributed by atoms with Crippen LogP contribution in [-0.2, 0) is 9.53 Å². The first kappa shape index (κ1) is 10.2. The molecule has 0 spiro atoms. The maximum absolute atomic E-state index is 11.5. The highest BCUT2D eigenvalue weighted by atomic mass is 19.4. The monoisotopic (exact) mass is 172 g/mol. The standard InChI is InChI=1S/C5H7F3O3/c1-11-4(10)2-3(9)5(6,7)8/h3,9H,2H2,1H3/t3-/m1/s1. The van der Waals surface area contributed by atoms with Crippen LogP contribution in [0.1, 0.15) is 6.42 Å². The normalized spacial score (nSPS) is 14.3. The molecule has 11 heavy (non-hydrogen) atoms. The van der Waals surface area contributed by atoms with Crippen molar-refractivity contribution in [2.75, 3.05) is 7.11 Å². The van der Waals surface area contributed by atoms with Crippen molar-refractivity contribution in [3.05, 3.63) is 0 Å². The van der Waals surface area contributed by atoms with Crippen LogP contribution < -0.4 is 0 Å². The molecule has 0 saturated heterocycles. The number of aliphatic hydroxyl groups is 1. The molecule has 0 aliphatic carbocycles. The highest BCUT2D eigenvalue weighted by Crippen LogP contribution is 2.22. The van der Waals surface area contributed by atoms with Gasteiger partial charge in [0.15, 0.2) is 6.10 Å². The highest BCUT2D eigenvalue weighted by Gasteiger charge is 2.39. The van der Waals surface area contributed by atoms with Crippen LogP contribution in [0.25, 0.3) is 0 Å². The fourth-order valence-corrected chi connectivity index (χ4v) is 0.357. The van der Waals surface area contributed by atoms with Crippen molar-refractivity contribution in [2.45, 2.75) is 18.7 Å². The van der Waals surface area contributed by atoms with E-state index >= 15 is 0 Å². The van der Waals surface area contributed by atoms with E-state index in [9.17, 15) is 18.0 Å². The summed E-state index contributed by atoms with van der Waals surface area (Å²) in [7, 11) is 0.950. The second kappa shape index (κ2) is 3.56. The van der Waals surface area contributed by atoms with Crippen LogP contribution in [0.3, 0.4) is 0 Å². The number of ether oxygens (including phenoxy) is 1. The third kappa shape index (κ3) is 3.82. The number of carbonyl (C=O) groups excluding carboxylic acids is 1.